The second kappa shape index (κ2) is 6.74. The predicted octanol–water partition coefficient (Wildman–Crippen LogP) is 4.08. The summed E-state index contributed by atoms with van der Waals surface area (Å²) in [5, 5.41) is 22.0. The first-order valence-corrected chi connectivity index (χ1v) is 8.68. The summed E-state index contributed by atoms with van der Waals surface area (Å²) in [6.45, 7) is 1.30. The summed E-state index contributed by atoms with van der Waals surface area (Å²) in [5.74, 6) is -1.69. The number of esters is 1. The molecular formula is C22H17NO5. The molecule has 0 fully saturated rings. The predicted molar refractivity (Wildman–Crippen MR) is 105 cm³/mol. The van der Waals surface area contributed by atoms with Gasteiger partial charge in [0.1, 0.15) is 17.1 Å². The molecule has 6 nitrogen and oxygen atoms in total. The summed E-state index contributed by atoms with van der Waals surface area (Å²) in [5.41, 5.74) is 1.79. The molecule has 0 radical (unpaired) electrons. The zero-order valence-electron chi connectivity index (χ0n) is 15.0. The number of carbonyl (C=O) groups excluding carboxylic acids is 2. The number of aryl methyl sites for hydroxylation is 1. The number of hydrogen-bond donors (Lipinski definition) is 3. The smallest absolute Gasteiger partial charge is 0.342 e. The normalized spacial score (nSPS) is 11.0. The molecule has 28 heavy (non-hydrogen) atoms. The van der Waals surface area contributed by atoms with Gasteiger partial charge in [-0.2, -0.15) is 0 Å². The molecule has 140 valence electrons. The Labute approximate surface area is 160 Å². The highest BCUT2D eigenvalue weighted by atomic mass is 16.5. The lowest BCUT2D eigenvalue weighted by molar-refractivity contribution is 0.0472. The van der Waals surface area contributed by atoms with Crippen molar-refractivity contribution in [3.05, 3.63) is 71.4 Å². The van der Waals surface area contributed by atoms with Crippen LogP contribution in [-0.4, -0.2) is 33.6 Å². The van der Waals surface area contributed by atoms with E-state index in [0.29, 0.717) is 22.0 Å². The zero-order valence-corrected chi connectivity index (χ0v) is 15.0. The summed E-state index contributed by atoms with van der Waals surface area (Å²) in [7, 11) is 0. The number of H-pyrrole nitrogens is 1. The number of aromatic amines is 1. The van der Waals surface area contributed by atoms with Crippen molar-refractivity contribution < 1.29 is 24.5 Å². The van der Waals surface area contributed by atoms with Crippen molar-refractivity contribution in [1.29, 1.82) is 0 Å². The van der Waals surface area contributed by atoms with Crippen molar-refractivity contribution >= 4 is 33.4 Å². The summed E-state index contributed by atoms with van der Waals surface area (Å²) < 4.78 is 5.13. The Balaban J connectivity index is 1.59. The van der Waals surface area contributed by atoms with Gasteiger partial charge in [-0.3, -0.25) is 4.79 Å². The van der Waals surface area contributed by atoms with Crippen molar-refractivity contribution in [2.24, 2.45) is 0 Å². The Kier molecular flexibility index (Phi) is 4.24. The number of benzene rings is 3. The van der Waals surface area contributed by atoms with Crippen LogP contribution in [0, 0.1) is 6.92 Å². The maximum atomic E-state index is 12.6. The third-order valence-electron chi connectivity index (χ3n) is 4.72. The van der Waals surface area contributed by atoms with Crippen LogP contribution in [0.15, 0.2) is 54.6 Å². The van der Waals surface area contributed by atoms with E-state index in [-0.39, 0.29) is 22.8 Å². The van der Waals surface area contributed by atoms with Crippen LogP contribution in [0.5, 0.6) is 11.5 Å². The van der Waals surface area contributed by atoms with Crippen LogP contribution in [-0.2, 0) is 4.74 Å². The SMILES string of the molecule is Cc1[nH]c2ccccc2c1C(=O)COC(=O)c1cc(O)c2ccccc2c1O. The Hall–Kier alpha value is -3.80. The lowest BCUT2D eigenvalue weighted by atomic mass is 10.0. The first-order valence-electron chi connectivity index (χ1n) is 8.68. The molecular weight excluding hydrogens is 358 g/mol. The molecule has 0 atom stereocenters. The molecule has 1 aromatic heterocycles. The molecule has 0 bridgehead atoms. The van der Waals surface area contributed by atoms with E-state index in [9.17, 15) is 19.8 Å². The third-order valence-corrected chi connectivity index (χ3v) is 4.72. The number of carbonyl (C=O) groups is 2. The number of aromatic hydroxyl groups is 2. The molecule has 0 aliphatic heterocycles. The number of phenols is 2. The number of nitrogens with one attached hydrogen (secondary N) is 1. The van der Waals surface area contributed by atoms with Gasteiger partial charge in [0.05, 0.1) is 0 Å². The van der Waals surface area contributed by atoms with Crippen molar-refractivity contribution in [3.63, 3.8) is 0 Å². The molecule has 3 aromatic carbocycles. The molecule has 0 unspecified atom stereocenters. The number of hydrogen-bond acceptors (Lipinski definition) is 5. The van der Waals surface area contributed by atoms with Gasteiger partial charge in [-0.25, -0.2) is 4.79 Å². The average molecular weight is 375 g/mol. The fraction of sp³-hybridized carbons (Fsp3) is 0.0909. The summed E-state index contributed by atoms with van der Waals surface area (Å²) in [4.78, 5) is 28.2. The first-order chi connectivity index (χ1) is 13.5. The summed E-state index contributed by atoms with van der Waals surface area (Å²) in [6, 6.07) is 15.1. The first kappa shape index (κ1) is 17.6. The lowest BCUT2D eigenvalue weighted by Gasteiger charge is -2.10. The molecule has 0 amide bonds. The standard InChI is InChI=1S/C22H17NO5/c1-12-20(15-8-4-5-9-17(15)23-12)19(25)11-28-22(27)16-10-18(24)13-6-2-3-7-14(13)21(16)26/h2-10,23-24,26H,11H2,1H3. The average Bonchev–Trinajstić information content (AvgIpc) is 3.04. The largest absolute Gasteiger partial charge is 0.507 e. The molecule has 4 rings (SSSR count). The number of ether oxygens (including phenoxy) is 1. The van der Waals surface area contributed by atoms with Gasteiger partial charge in [0.25, 0.3) is 0 Å². The Morgan fingerprint density at radius 1 is 0.964 bits per heavy atom. The molecule has 0 saturated carbocycles. The number of phenolic OH excluding ortho intramolecular Hbond substituents is 2. The van der Waals surface area contributed by atoms with Crippen LogP contribution in [0.25, 0.3) is 21.7 Å². The highest BCUT2D eigenvalue weighted by Crippen LogP contribution is 2.35. The van der Waals surface area contributed by atoms with E-state index >= 15 is 0 Å². The van der Waals surface area contributed by atoms with Crippen LogP contribution >= 0.6 is 0 Å². The van der Waals surface area contributed by atoms with Crippen molar-refractivity contribution in [1.82, 2.24) is 4.98 Å². The van der Waals surface area contributed by atoms with Gasteiger partial charge in [0, 0.05) is 32.9 Å². The minimum Gasteiger partial charge on any atom is -0.507 e. The monoisotopic (exact) mass is 375 g/mol. The maximum absolute atomic E-state index is 12.6. The highest BCUT2D eigenvalue weighted by molar-refractivity contribution is 6.11. The quantitative estimate of drug-likeness (QED) is 0.284. The van der Waals surface area contributed by atoms with E-state index in [1.165, 1.54) is 0 Å². The minimum absolute atomic E-state index is 0.154. The molecule has 4 aromatic rings. The van der Waals surface area contributed by atoms with E-state index in [2.05, 4.69) is 4.98 Å². The van der Waals surface area contributed by atoms with E-state index in [4.69, 9.17) is 4.74 Å². The molecule has 6 heteroatoms. The van der Waals surface area contributed by atoms with Gasteiger partial charge >= 0.3 is 5.97 Å². The topological polar surface area (TPSA) is 99.6 Å². The number of Topliss-reactive ketones (excluding diaryl/α,β-unsaturated/α-hetero) is 1. The number of fused-ring (bicyclic) bond motifs is 2. The molecule has 3 N–H and O–H groups in total. The van der Waals surface area contributed by atoms with Gasteiger partial charge in [-0.1, -0.05) is 42.5 Å². The summed E-state index contributed by atoms with van der Waals surface area (Å²) >= 11 is 0. The molecule has 0 aliphatic carbocycles. The van der Waals surface area contributed by atoms with E-state index in [1.807, 2.05) is 24.3 Å². The highest BCUT2D eigenvalue weighted by Gasteiger charge is 2.21. The van der Waals surface area contributed by atoms with Crippen LogP contribution in [0.1, 0.15) is 26.4 Å². The number of aromatic nitrogens is 1. The van der Waals surface area contributed by atoms with E-state index in [0.717, 1.165) is 17.0 Å². The Morgan fingerprint density at radius 3 is 2.36 bits per heavy atom. The third kappa shape index (κ3) is 2.85. The lowest BCUT2D eigenvalue weighted by Crippen LogP contribution is -2.15. The molecule has 0 spiro atoms. The molecule has 1 heterocycles. The van der Waals surface area contributed by atoms with E-state index in [1.54, 1.807) is 31.2 Å². The van der Waals surface area contributed by atoms with Crippen molar-refractivity contribution in [2.75, 3.05) is 6.61 Å². The number of ketones is 1. The Morgan fingerprint density at radius 2 is 1.61 bits per heavy atom. The van der Waals surface area contributed by atoms with Gasteiger partial charge in [0.15, 0.2) is 6.61 Å². The van der Waals surface area contributed by atoms with Gasteiger partial charge in [0.2, 0.25) is 5.78 Å². The zero-order chi connectivity index (χ0) is 19.8. The Bertz CT molecular complexity index is 1240. The number of para-hydroxylation sites is 1. The van der Waals surface area contributed by atoms with Gasteiger partial charge in [-0.05, 0) is 19.1 Å². The van der Waals surface area contributed by atoms with Crippen LogP contribution in [0.4, 0.5) is 0 Å². The van der Waals surface area contributed by atoms with E-state index < -0.39 is 12.6 Å². The van der Waals surface area contributed by atoms with Crippen molar-refractivity contribution in [2.45, 2.75) is 6.92 Å². The van der Waals surface area contributed by atoms with Gasteiger partial charge in [-0.15, -0.1) is 0 Å². The van der Waals surface area contributed by atoms with Crippen LogP contribution in [0.2, 0.25) is 0 Å². The fourth-order valence-electron chi connectivity index (χ4n) is 3.41. The van der Waals surface area contributed by atoms with Crippen LogP contribution < -0.4 is 0 Å². The fourth-order valence-corrected chi connectivity index (χ4v) is 3.41. The second-order valence-corrected chi connectivity index (χ2v) is 6.51. The van der Waals surface area contributed by atoms with Gasteiger partial charge < -0.3 is 19.9 Å². The summed E-state index contributed by atoms with van der Waals surface area (Å²) in [6.07, 6.45) is 0. The number of rotatable bonds is 4. The minimum atomic E-state index is -0.885. The molecule has 0 saturated heterocycles. The van der Waals surface area contributed by atoms with Crippen molar-refractivity contribution in [3.8, 4) is 11.5 Å². The van der Waals surface area contributed by atoms with Crippen LogP contribution in [0.3, 0.4) is 0 Å². The maximum Gasteiger partial charge on any atom is 0.342 e. The molecule has 0 aliphatic rings. The second-order valence-electron chi connectivity index (χ2n) is 6.51.